The fourth-order valence-corrected chi connectivity index (χ4v) is 5.29. The average Bonchev–Trinajstić information content (AvgIpc) is 3.39. The molecule has 3 heterocycles. The van der Waals surface area contributed by atoms with Crippen LogP contribution in [-0.2, 0) is 9.59 Å². The van der Waals surface area contributed by atoms with Crippen molar-refractivity contribution in [3.63, 3.8) is 0 Å². The van der Waals surface area contributed by atoms with Crippen molar-refractivity contribution >= 4 is 50.4 Å². The van der Waals surface area contributed by atoms with Crippen LogP contribution in [-0.4, -0.2) is 64.0 Å². The maximum atomic E-state index is 13.0. The lowest BCUT2D eigenvalue weighted by atomic mass is 9.87. The van der Waals surface area contributed by atoms with E-state index in [0.717, 1.165) is 12.8 Å². The summed E-state index contributed by atoms with van der Waals surface area (Å²) in [5.74, 6) is -0.274. The molecule has 1 aromatic carbocycles. The molecule has 3 aromatic rings. The lowest BCUT2D eigenvalue weighted by Crippen LogP contribution is -2.44. The fraction of sp³-hybridized carbons (Fsp3) is 0.435. The molecular formula is C23H23BrF3N7O3. The molecule has 1 aliphatic carbocycles. The Kier molecular flexibility index (Phi) is 6.24. The van der Waals surface area contributed by atoms with E-state index in [2.05, 4.69) is 41.6 Å². The molecule has 2 aliphatic rings. The quantitative estimate of drug-likeness (QED) is 0.473. The molecule has 2 atom stereocenters. The third-order valence-electron chi connectivity index (χ3n) is 6.70. The lowest BCUT2D eigenvalue weighted by Gasteiger charge is -2.30. The summed E-state index contributed by atoms with van der Waals surface area (Å²) in [6, 6.07) is 4.47. The number of nitrogens with one attached hydrogen (secondary N) is 2. The van der Waals surface area contributed by atoms with Gasteiger partial charge >= 0.3 is 6.18 Å². The Morgan fingerprint density at radius 1 is 1.35 bits per heavy atom. The smallest absolute Gasteiger partial charge is 0.406 e. The minimum absolute atomic E-state index is 0.000283. The summed E-state index contributed by atoms with van der Waals surface area (Å²) in [5, 5.41) is 11.1. The number of halogens is 4. The molecule has 5 rings (SSSR count). The van der Waals surface area contributed by atoms with Crippen molar-refractivity contribution in [2.75, 3.05) is 30.4 Å². The number of benzene rings is 1. The first-order chi connectivity index (χ1) is 17.5. The normalized spacial score (nSPS) is 21.6. The van der Waals surface area contributed by atoms with Crippen LogP contribution in [0.5, 0.6) is 5.75 Å². The number of aromatic nitrogens is 4. The van der Waals surface area contributed by atoms with Gasteiger partial charge in [0.05, 0.1) is 16.8 Å². The largest absolute Gasteiger partial charge is 0.481 e. The van der Waals surface area contributed by atoms with Crippen LogP contribution in [0, 0.1) is 5.41 Å². The first-order valence-corrected chi connectivity index (χ1v) is 12.3. The van der Waals surface area contributed by atoms with Crippen molar-refractivity contribution in [2.24, 2.45) is 5.41 Å². The summed E-state index contributed by atoms with van der Waals surface area (Å²) in [7, 11) is 1.63. The van der Waals surface area contributed by atoms with Gasteiger partial charge in [0.2, 0.25) is 11.9 Å². The average molecular weight is 582 g/mol. The Bertz CT molecular complexity index is 1400. The summed E-state index contributed by atoms with van der Waals surface area (Å²) in [6.45, 7) is 0.0359. The number of ether oxygens (including phenoxy) is 1. The lowest BCUT2D eigenvalue weighted by molar-refractivity contribution is -0.134. The van der Waals surface area contributed by atoms with Crippen molar-refractivity contribution in [2.45, 2.75) is 38.4 Å². The van der Waals surface area contributed by atoms with Crippen LogP contribution in [0.2, 0.25) is 0 Å². The topological polar surface area (TPSA) is 114 Å². The number of hydrogen-bond acceptors (Lipinski definition) is 7. The molecule has 37 heavy (non-hydrogen) atoms. The van der Waals surface area contributed by atoms with Crippen LogP contribution in [0.1, 0.15) is 26.2 Å². The standard InChI is InChI=1S/C23H23BrF3N7O3/c1-22(20(36)28-2)6-5-12(8-22)30-21-29-9-14-18(24)32-34(19(14)31-21)13-3-4-15-16(7-13)37-10-17(35)33(15)11-23(25,26)27/h3-4,7,9,12H,5-6,8,10-11H2,1-2H3,(H,28,36)(H,29,30,31)/t12-,22-/m1/s1. The first kappa shape index (κ1) is 25.2. The number of hydrogen-bond donors (Lipinski definition) is 2. The van der Waals surface area contributed by atoms with Crippen molar-refractivity contribution in [1.29, 1.82) is 0 Å². The second-order valence-electron chi connectivity index (χ2n) is 9.39. The van der Waals surface area contributed by atoms with E-state index in [1.165, 1.54) is 16.8 Å². The van der Waals surface area contributed by atoms with E-state index in [0.29, 0.717) is 38.6 Å². The zero-order chi connectivity index (χ0) is 26.5. The molecule has 1 fully saturated rings. The van der Waals surface area contributed by atoms with Gasteiger partial charge in [0.25, 0.3) is 5.91 Å². The number of carbonyl (C=O) groups excluding carboxylic acids is 2. The molecule has 196 valence electrons. The van der Waals surface area contributed by atoms with E-state index < -0.39 is 30.7 Å². The highest BCUT2D eigenvalue weighted by Gasteiger charge is 2.41. The molecule has 14 heteroatoms. The maximum Gasteiger partial charge on any atom is 0.406 e. The Morgan fingerprint density at radius 2 is 2.14 bits per heavy atom. The monoisotopic (exact) mass is 581 g/mol. The van der Waals surface area contributed by atoms with E-state index in [-0.39, 0.29) is 23.4 Å². The summed E-state index contributed by atoms with van der Waals surface area (Å²) in [4.78, 5) is 34.0. The van der Waals surface area contributed by atoms with E-state index in [4.69, 9.17) is 4.74 Å². The van der Waals surface area contributed by atoms with Crippen LogP contribution < -0.4 is 20.3 Å². The third kappa shape index (κ3) is 4.81. The number of anilines is 2. The summed E-state index contributed by atoms with van der Waals surface area (Å²) >= 11 is 3.41. The molecule has 2 N–H and O–H groups in total. The molecule has 2 aromatic heterocycles. The van der Waals surface area contributed by atoms with Gasteiger partial charge in [0, 0.05) is 30.8 Å². The minimum atomic E-state index is -4.55. The number of nitrogens with zero attached hydrogens (tertiary/aromatic N) is 5. The molecular weight excluding hydrogens is 559 g/mol. The van der Waals surface area contributed by atoms with Gasteiger partial charge in [-0.3, -0.25) is 14.5 Å². The molecule has 0 bridgehead atoms. The van der Waals surface area contributed by atoms with E-state index in [1.54, 1.807) is 19.3 Å². The zero-order valence-electron chi connectivity index (χ0n) is 19.9. The van der Waals surface area contributed by atoms with E-state index in [1.807, 2.05) is 6.92 Å². The van der Waals surface area contributed by atoms with Gasteiger partial charge in [-0.05, 0) is 47.3 Å². The molecule has 0 unspecified atom stereocenters. The maximum absolute atomic E-state index is 13.0. The van der Waals surface area contributed by atoms with Crippen LogP contribution in [0.15, 0.2) is 29.0 Å². The highest BCUT2D eigenvalue weighted by Crippen LogP contribution is 2.39. The van der Waals surface area contributed by atoms with Crippen LogP contribution in [0.25, 0.3) is 16.7 Å². The van der Waals surface area contributed by atoms with E-state index >= 15 is 0 Å². The second kappa shape index (κ2) is 9.15. The number of rotatable bonds is 5. The summed E-state index contributed by atoms with van der Waals surface area (Å²) < 4.78 is 46.5. The van der Waals surface area contributed by atoms with Crippen LogP contribution in [0.4, 0.5) is 24.8 Å². The highest BCUT2D eigenvalue weighted by atomic mass is 79.9. The molecule has 2 amide bonds. The Hall–Kier alpha value is -3.42. The highest BCUT2D eigenvalue weighted by molar-refractivity contribution is 9.10. The van der Waals surface area contributed by atoms with Gasteiger partial charge in [0.15, 0.2) is 12.3 Å². The third-order valence-corrected chi connectivity index (χ3v) is 7.28. The molecule has 0 spiro atoms. The number of amides is 2. The number of fused-ring (bicyclic) bond motifs is 2. The SMILES string of the molecule is CNC(=O)[C@]1(C)CC[C@@H](Nc2ncc3c(Br)nn(-c4ccc5c(c4)OCC(=O)N5CC(F)(F)F)c3n2)C1. The second-order valence-corrected chi connectivity index (χ2v) is 10.1. The number of carbonyl (C=O) groups is 2. The molecule has 0 radical (unpaired) electrons. The van der Waals surface area contributed by atoms with Gasteiger partial charge in [-0.1, -0.05) is 6.92 Å². The van der Waals surface area contributed by atoms with Gasteiger partial charge in [-0.25, -0.2) is 9.67 Å². The Morgan fingerprint density at radius 3 is 2.86 bits per heavy atom. The van der Waals surface area contributed by atoms with E-state index in [9.17, 15) is 22.8 Å². The summed E-state index contributed by atoms with van der Waals surface area (Å²) in [5.41, 5.74) is 0.500. The molecule has 10 nitrogen and oxygen atoms in total. The zero-order valence-corrected chi connectivity index (χ0v) is 21.5. The Balaban J connectivity index is 1.45. The minimum Gasteiger partial charge on any atom is -0.481 e. The fourth-order valence-electron chi connectivity index (χ4n) is 4.85. The van der Waals surface area contributed by atoms with Crippen molar-refractivity contribution in [3.05, 3.63) is 29.0 Å². The summed E-state index contributed by atoms with van der Waals surface area (Å²) in [6.07, 6.45) is -0.790. The molecule has 0 saturated heterocycles. The van der Waals surface area contributed by atoms with Gasteiger partial charge < -0.3 is 15.4 Å². The van der Waals surface area contributed by atoms with Crippen molar-refractivity contribution in [1.82, 2.24) is 25.1 Å². The number of alkyl halides is 3. The predicted octanol–water partition coefficient (Wildman–Crippen LogP) is 3.58. The van der Waals surface area contributed by atoms with Crippen molar-refractivity contribution < 1.29 is 27.5 Å². The van der Waals surface area contributed by atoms with Crippen molar-refractivity contribution in [3.8, 4) is 11.4 Å². The Labute approximate surface area is 217 Å². The van der Waals surface area contributed by atoms with Gasteiger partial charge in [-0.15, -0.1) is 0 Å². The van der Waals surface area contributed by atoms with Gasteiger partial charge in [-0.2, -0.15) is 23.3 Å². The van der Waals surface area contributed by atoms with Crippen LogP contribution in [0.3, 0.4) is 0 Å². The van der Waals surface area contributed by atoms with Crippen LogP contribution >= 0.6 is 15.9 Å². The molecule has 1 saturated carbocycles. The molecule has 1 aliphatic heterocycles. The van der Waals surface area contributed by atoms with Gasteiger partial charge in [0.1, 0.15) is 16.9 Å². The first-order valence-electron chi connectivity index (χ1n) is 11.5. The predicted molar refractivity (Wildman–Crippen MR) is 132 cm³/mol.